The lowest BCUT2D eigenvalue weighted by Gasteiger charge is -2.24. The summed E-state index contributed by atoms with van der Waals surface area (Å²) in [6.45, 7) is 2.05. The lowest BCUT2D eigenvalue weighted by Crippen LogP contribution is -2.26. The van der Waals surface area contributed by atoms with Crippen molar-refractivity contribution in [2.75, 3.05) is 6.79 Å². The predicted molar refractivity (Wildman–Crippen MR) is 55.3 cm³/mol. The fourth-order valence-electron chi connectivity index (χ4n) is 1.71. The van der Waals surface area contributed by atoms with Gasteiger partial charge in [0.25, 0.3) is 0 Å². The van der Waals surface area contributed by atoms with Gasteiger partial charge in [-0.25, -0.2) is 4.39 Å². The van der Waals surface area contributed by atoms with Gasteiger partial charge in [0.2, 0.25) is 0 Å². The van der Waals surface area contributed by atoms with Crippen LogP contribution in [0.2, 0.25) is 0 Å². The van der Waals surface area contributed by atoms with E-state index in [1.807, 2.05) is 0 Å². The number of fused-ring (bicyclic) bond motifs is 1. The molecule has 0 spiro atoms. The minimum atomic E-state index is -0.942. The van der Waals surface area contributed by atoms with Crippen LogP contribution in [0.3, 0.4) is 0 Å². The molecule has 5 heteroatoms. The van der Waals surface area contributed by atoms with E-state index in [2.05, 4.69) is 0 Å². The Balaban J connectivity index is 2.47. The highest BCUT2D eigenvalue weighted by Crippen LogP contribution is 2.34. The molecule has 0 radical (unpaired) electrons. The molecule has 0 aromatic heterocycles. The molecule has 1 aliphatic rings. The third-order valence-electron chi connectivity index (χ3n) is 2.52. The molecule has 1 aromatic rings. The third kappa shape index (κ3) is 2.02. The molecule has 0 bridgehead atoms. The number of hydrogen-bond acceptors (Lipinski definition) is 4. The summed E-state index contributed by atoms with van der Waals surface area (Å²) in [6, 6.07) is 2.10. The topological polar surface area (TPSA) is 64.7 Å². The standard InChI is InChI=1S/C11H14FNO3/c1-6(13)10(14)9-3-8(12)2-7-4-15-5-16-11(7)9/h2-3,6,10,14H,4-5,13H2,1H3. The highest BCUT2D eigenvalue weighted by Gasteiger charge is 2.23. The van der Waals surface area contributed by atoms with Crippen molar-refractivity contribution >= 4 is 0 Å². The van der Waals surface area contributed by atoms with Gasteiger partial charge in [-0.1, -0.05) is 0 Å². The summed E-state index contributed by atoms with van der Waals surface area (Å²) in [7, 11) is 0. The van der Waals surface area contributed by atoms with Crippen molar-refractivity contribution < 1.29 is 19.0 Å². The smallest absolute Gasteiger partial charge is 0.189 e. The van der Waals surface area contributed by atoms with Gasteiger partial charge in [-0.15, -0.1) is 0 Å². The van der Waals surface area contributed by atoms with E-state index >= 15 is 0 Å². The molecule has 3 N–H and O–H groups in total. The molecule has 88 valence electrons. The van der Waals surface area contributed by atoms with E-state index in [9.17, 15) is 9.50 Å². The van der Waals surface area contributed by atoms with Crippen LogP contribution in [0, 0.1) is 5.82 Å². The molecule has 2 atom stereocenters. The predicted octanol–water partition coefficient (Wildman–Crippen LogP) is 1.07. The van der Waals surface area contributed by atoms with Crippen LogP contribution in [0.5, 0.6) is 5.75 Å². The molecule has 0 saturated carbocycles. The Hall–Kier alpha value is -1.17. The van der Waals surface area contributed by atoms with Crippen molar-refractivity contribution in [3.8, 4) is 5.75 Å². The van der Waals surface area contributed by atoms with Gasteiger partial charge in [0, 0.05) is 17.2 Å². The normalized spacial score (nSPS) is 18.5. The van der Waals surface area contributed by atoms with Crippen LogP contribution < -0.4 is 10.5 Å². The first-order valence-corrected chi connectivity index (χ1v) is 5.06. The summed E-state index contributed by atoms with van der Waals surface area (Å²) in [5.74, 6) is 0.0556. The Bertz CT molecular complexity index is 395. The molecule has 0 saturated heterocycles. The second-order valence-electron chi connectivity index (χ2n) is 3.90. The minimum absolute atomic E-state index is 0.108. The highest BCUT2D eigenvalue weighted by molar-refractivity contribution is 5.44. The number of aliphatic hydroxyl groups excluding tert-OH is 1. The molecular weight excluding hydrogens is 213 g/mol. The van der Waals surface area contributed by atoms with Gasteiger partial charge in [-0.05, 0) is 19.1 Å². The maximum atomic E-state index is 13.3. The number of rotatable bonds is 2. The first kappa shape index (κ1) is 11.3. The summed E-state index contributed by atoms with van der Waals surface area (Å²) in [6.07, 6.45) is -0.942. The van der Waals surface area contributed by atoms with Crippen LogP contribution in [-0.2, 0) is 11.3 Å². The van der Waals surface area contributed by atoms with Crippen LogP contribution in [0.4, 0.5) is 4.39 Å². The van der Waals surface area contributed by atoms with Crippen molar-refractivity contribution in [3.05, 3.63) is 29.1 Å². The van der Waals surface area contributed by atoms with Crippen molar-refractivity contribution in [3.63, 3.8) is 0 Å². The van der Waals surface area contributed by atoms with Gasteiger partial charge in [-0.3, -0.25) is 0 Å². The number of halogens is 1. The molecular formula is C11H14FNO3. The average molecular weight is 227 g/mol. The molecule has 0 fully saturated rings. The SMILES string of the molecule is CC(N)C(O)c1cc(F)cc2c1OCOC2. The van der Waals surface area contributed by atoms with Crippen molar-refractivity contribution in [1.29, 1.82) is 0 Å². The van der Waals surface area contributed by atoms with Crippen LogP contribution in [0.25, 0.3) is 0 Å². The van der Waals surface area contributed by atoms with Gasteiger partial charge in [0.15, 0.2) is 6.79 Å². The molecule has 0 aliphatic carbocycles. The van der Waals surface area contributed by atoms with Crippen molar-refractivity contribution in [1.82, 2.24) is 0 Å². The molecule has 1 aromatic carbocycles. The molecule has 4 nitrogen and oxygen atoms in total. The van der Waals surface area contributed by atoms with E-state index in [1.165, 1.54) is 12.1 Å². The largest absolute Gasteiger partial charge is 0.467 e. The van der Waals surface area contributed by atoms with Crippen molar-refractivity contribution in [2.24, 2.45) is 5.73 Å². The number of aliphatic hydroxyl groups is 1. The van der Waals surface area contributed by atoms with E-state index in [0.29, 0.717) is 16.9 Å². The van der Waals surface area contributed by atoms with E-state index in [4.69, 9.17) is 15.2 Å². The number of hydrogen-bond donors (Lipinski definition) is 2. The molecule has 2 rings (SSSR count). The number of benzene rings is 1. The Morgan fingerprint density at radius 1 is 1.50 bits per heavy atom. The van der Waals surface area contributed by atoms with Gasteiger partial charge < -0.3 is 20.3 Å². The van der Waals surface area contributed by atoms with E-state index in [0.717, 1.165) is 0 Å². The lowest BCUT2D eigenvalue weighted by atomic mass is 9.99. The van der Waals surface area contributed by atoms with E-state index in [-0.39, 0.29) is 13.4 Å². The minimum Gasteiger partial charge on any atom is -0.467 e. The first-order chi connectivity index (χ1) is 7.59. The average Bonchev–Trinajstić information content (AvgIpc) is 2.26. The van der Waals surface area contributed by atoms with Crippen LogP contribution in [0.1, 0.15) is 24.2 Å². The number of nitrogens with two attached hydrogens (primary N) is 1. The molecule has 1 heterocycles. The lowest BCUT2D eigenvalue weighted by molar-refractivity contribution is -0.0191. The summed E-state index contributed by atoms with van der Waals surface area (Å²) >= 11 is 0. The number of ether oxygens (including phenoxy) is 2. The molecule has 1 aliphatic heterocycles. The maximum Gasteiger partial charge on any atom is 0.189 e. The zero-order valence-electron chi connectivity index (χ0n) is 8.94. The Labute approximate surface area is 92.8 Å². The summed E-state index contributed by atoms with van der Waals surface area (Å²) < 4.78 is 23.6. The molecule has 0 amide bonds. The first-order valence-electron chi connectivity index (χ1n) is 5.06. The summed E-state index contributed by atoms with van der Waals surface area (Å²) in [5, 5.41) is 9.87. The third-order valence-corrected chi connectivity index (χ3v) is 2.52. The fraction of sp³-hybridized carbons (Fsp3) is 0.455. The Morgan fingerprint density at radius 2 is 2.25 bits per heavy atom. The highest BCUT2D eigenvalue weighted by atomic mass is 19.1. The quantitative estimate of drug-likeness (QED) is 0.793. The van der Waals surface area contributed by atoms with Gasteiger partial charge in [0.1, 0.15) is 11.6 Å². The van der Waals surface area contributed by atoms with Crippen LogP contribution in [0.15, 0.2) is 12.1 Å². The zero-order chi connectivity index (χ0) is 11.7. The maximum absolute atomic E-state index is 13.3. The summed E-state index contributed by atoms with van der Waals surface area (Å²) in [4.78, 5) is 0. The van der Waals surface area contributed by atoms with Gasteiger partial charge in [0.05, 0.1) is 12.7 Å². The Morgan fingerprint density at radius 3 is 2.94 bits per heavy atom. The van der Waals surface area contributed by atoms with E-state index < -0.39 is 18.0 Å². The van der Waals surface area contributed by atoms with E-state index in [1.54, 1.807) is 6.92 Å². The van der Waals surface area contributed by atoms with Crippen LogP contribution >= 0.6 is 0 Å². The Kier molecular flexibility index (Phi) is 3.09. The second-order valence-corrected chi connectivity index (χ2v) is 3.90. The monoisotopic (exact) mass is 227 g/mol. The summed E-state index contributed by atoms with van der Waals surface area (Å²) in [5.41, 5.74) is 6.57. The zero-order valence-corrected chi connectivity index (χ0v) is 8.94. The molecule has 2 unspecified atom stereocenters. The van der Waals surface area contributed by atoms with Crippen LogP contribution in [-0.4, -0.2) is 17.9 Å². The fourth-order valence-corrected chi connectivity index (χ4v) is 1.71. The van der Waals surface area contributed by atoms with Gasteiger partial charge >= 0.3 is 0 Å². The molecule has 16 heavy (non-hydrogen) atoms. The van der Waals surface area contributed by atoms with Crippen molar-refractivity contribution in [2.45, 2.75) is 25.7 Å². The second kappa shape index (κ2) is 4.37. The van der Waals surface area contributed by atoms with Gasteiger partial charge in [-0.2, -0.15) is 0 Å².